The average Bonchev–Trinajstić information content (AvgIpc) is 2.02. The number of H-pyrrole nitrogens is 1. The molecule has 0 aliphatic carbocycles. The normalized spacial score (nSPS) is 11.4. The second-order valence-corrected chi connectivity index (χ2v) is 2.37. The van der Waals surface area contributed by atoms with E-state index in [1.165, 1.54) is 0 Å². The Hall–Kier alpha value is -1.86. The Kier molecular flexibility index (Phi) is 2.28. The van der Waals surface area contributed by atoms with E-state index in [0.717, 1.165) is 0 Å². The fourth-order valence-corrected chi connectivity index (χ4v) is 0.793. The first kappa shape index (κ1) is 10.2. The van der Waals surface area contributed by atoms with Crippen LogP contribution < -0.4 is 5.56 Å². The van der Waals surface area contributed by atoms with Crippen molar-refractivity contribution in [2.45, 2.75) is 6.18 Å². The summed E-state index contributed by atoms with van der Waals surface area (Å²) in [7, 11) is 0. The maximum atomic E-state index is 12.1. The van der Waals surface area contributed by atoms with E-state index in [0.29, 0.717) is 6.20 Å². The first-order chi connectivity index (χ1) is 6.32. The van der Waals surface area contributed by atoms with E-state index < -0.39 is 27.9 Å². The predicted molar refractivity (Wildman–Crippen MR) is 37.1 cm³/mol. The summed E-state index contributed by atoms with van der Waals surface area (Å²) in [6.07, 6.45) is -4.19. The molecule has 0 aromatic carbocycles. The van der Waals surface area contributed by atoms with E-state index >= 15 is 0 Å². The molecule has 5 nitrogen and oxygen atoms in total. The van der Waals surface area contributed by atoms with Crippen LogP contribution in [0.25, 0.3) is 0 Å². The number of halogens is 3. The van der Waals surface area contributed by atoms with Crippen molar-refractivity contribution in [1.29, 1.82) is 0 Å². The van der Waals surface area contributed by atoms with E-state index in [-0.39, 0.29) is 6.07 Å². The van der Waals surface area contributed by atoms with Crippen LogP contribution in [0.3, 0.4) is 0 Å². The van der Waals surface area contributed by atoms with Crippen LogP contribution in [0.1, 0.15) is 5.56 Å². The molecule has 0 saturated heterocycles. The largest absolute Gasteiger partial charge is 0.421 e. The molecule has 0 amide bonds. The number of nitrogens with zero attached hydrogens (tertiary/aromatic N) is 1. The van der Waals surface area contributed by atoms with Crippen LogP contribution in [0.5, 0.6) is 0 Å². The van der Waals surface area contributed by atoms with Gasteiger partial charge in [0.2, 0.25) is 0 Å². The molecular formula is C6H4F3N2O3+. The third kappa shape index (κ3) is 1.90. The van der Waals surface area contributed by atoms with Crippen molar-refractivity contribution in [3.05, 3.63) is 33.1 Å². The molecule has 0 bridgehead atoms. The minimum absolute atomic E-state index is 0.256. The van der Waals surface area contributed by atoms with Crippen LogP contribution in [0.2, 0.25) is 0 Å². The van der Waals surface area contributed by atoms with Gasteiger partial charge in [-0.3, -0.25) is 4.79 Å². The number of aromatic nitrogens is 1. The van der Waals surface area contributed by atoms with E-state index in [9.17, 15) is 22.9 Å². The Bertz CT molecular complexity index is 423. The minimum Gasteiger partial charge on any atom is -0.322 e. The van der Waals surface area contributed by atoms with Gasteiger partial charge in [0.1, 0.15) is 5.56 Å². The second-order valence-electron chi connectivity index (χ2n) is 2.37. The Morgan fingerprint density at radius 3 is 2.43 bits per heavy atom. The van der Waals surface area contributed by atoms with Crippen molar-refractivity contribution in [1.82, 2.24) is 4.98 Å². The SMILES string of the molecule is O=c1[nH]cc([N+](=O)O)cc1C(F)(F)F. The molecule has 0 aliphatic heterocycles. The highest BCUT2D eigenvalue weighted by Crippen LogP contribution is 2.27. The van der Waals surface area contributed by atoms with Gasteiger partial charge < -0.3 is 4.98 Å². The third-order valence-electron chi connectivity index (χ3n) is 1.41. The molecule has 8 heteroatoms. The van der Waals surface area contributed by atoms with Crippen molar-refractivity contribution < 1.29 is 23.3 Å². The third-order valence-corrected chi connectivity index (χ3v) is 1.41. The van der Waals surface area contributed by atoms with E-state index in [4.69, 9.17) is 5.21 Å². The van der Waals surface area contributed by atoms with Crippen molar-refractivity contribution >= 4 is 5.69 Å². The van der Waals surface area contributed by atoms with Crippen molar-refractivity contribution in [2.24, 2.45) is 0 Å². The molecule has 0 aliphatic rings. The summed E-state index contributed by atoms with van der Waals surface area (Å²) in [5.74, 6) is 0. The summed E-state index contributed by atoms with van der Waals surface area (Å²) in [6.45, 7) is 0. The molecule has 0 spiro atoms. The topological polar surface area (TPSA) is 73.2 Å². The van der Waals surface area contributed by atoms with Gasteiger partial charge in [0.05, 0.1) is 11.1 Å². The maximum Gasteiger partial charge on any atom is 0.421 e. The molecular weight excluding hydrogens is 205 g/mol. The van der Waals surface area contributed by atoms with Gasteiger partial charge in [-0.1, -0.05) is 0 Å². The van der Waals surface area contributed by atoms with Gasteiger partial charge in [0.15, 0.2) is 0 Å². The van der Waals surface area contributed by atoms with Gasteiger partial charge in [-0.05, 0) is 0 Å². The Balaban J connectivity index is 3.37. The molecule has 0 saturated carbocycles. The van der Waals surface area contributed by atoms with Gasteiger partial charge >= 0.3 is 11.9 Å². The second kappa shape index (κ2) is 3.13. The monoisotopic (exact) mass is 209 g/mol. The molecule has 1 rings (SSSR count). The van der Waals surface area contributed by atoms with Crippen molar-refractivity contribution in [3.63, 3.8) is 0 Å². The van der Waals surface area contributed by atoms with Crippen LogP contribution >= 0.6 is 0 Å². The Labute approximate surface area is 74.3 Å². The predicted octanol–water partition coefficient (Wildman–Crippen LogP) is 1.19. The zero-order chi connectivity index (χ0) is 10.9. The highest BCUT2D eigenvalue weighted by molar-refractivity contribution is 5.30. The lowest BCUT2D eigenvalue weighted by Gasteiger charge is -2.02. The molecule has 0 radical (unpaired) electrons. The van der Waals surface area contributed by atoms with Crippen LogP contribution in [0.4, 0.5) is 18.9 Å². The first-order valence-corrected chi connectivity index (χ1v) is 3.28. The molecule has 1 aromatic rings. The summed E-state index contributed by atoms with van der Waals surface area (Å²) in [6, 6.07) is 0.256. The average molecular weight is 209 g/mol. The quantitative estimate of drug-likeness (QED) is 0.682. The smallest absolute Gasteiger partial charge is 0.322 e. The number of nitrogens with one attached hydrogen (secondary N) is 1. The zero-order valence-corrected chi connectivity index (χ0v) is 6.50. The molecule has 0 fully saturated rings. The van der Waals surface area contributed by atoms with E-state index in [2.05, 4.69) is 0 Å². The van der Waals surface area contributed by atoms with Crippen molar-refractivity contribution in [3.8, 4) is 0 Å². The highest BCUT2D eigenvalue weighted by atomic mass is 19.4. The van der Waals surface area contributed by atoms with Gasteiger partial charge in [-0.25, -0.2) is 5.21 Å². The number of aromatic amines is 1. The highest BCUT2D eigenvalue weighted by Gasteiger charge is 2.36. The lowest BCUT2D eigenvalue weighted by atomic mass is 10.2. The number of hydrogen-bond acceptors (Lipinski definition) is 2. The fraction of sp³-hybridized carbons (Fsp3) is 0.167. The van der Waals surface area contributed by atoms with Gasteiger partial charge in [-0.2, -0.15) is 13.2 Å². The number of hydrogen-bond donors (Lipinski definition) is 2. The summed E-state index contributed by atoms with van der Waals surface area (Å²) in [5.41, 5.74) is -3.61. The number of pyridine rings is 1. The Morgan fingerprint density at radius 2 is 2.00 bits per heavy atom. The first-order valence-electron chi connectivity index (χ1n) is 3.28. The van der Waals surface area contributed by atoms with E-state index in [1.54, 1.807) is 4.98 Å². The molecule has 14 heavy (non-hydrogen) atoms. The summed E-state index contributed by atoms with van der Waals surface area (Å²) < 4.78 is 36.2. The summed E-state index contributed by atoms with van der Waals surface area (Å²) >= 11 is 0. The molecule has 1 aromatic heterocycles. The Morgan fingerprint density at radius 1 is 1.43 bits per heavy atom. The van der Waals surface area contributed by atoms with Crippen molar-refractivity contribution in [2.75, 3.05) is 0 Å². The molecule has 76 valence electrons. The van der Waals surface area contributed by atoms with Crippen LogP contribution in [-0.4, -0.2) is 15.1 Å². The zero-order valence-electron chi connectivity index (χ0n) is 6.50. The molecule has 2 N–H and O–H groups in total. The van der Waals surface area contributed by atoms with E-state index in [1.807, 2.05) is 0 Å². The van der Waals surface area contributed by atoms with Crippen LogP contribution in [0, 0.1) is 4.91 Å². The van der Waals surface area contributed by atoms with Crippen LogP contribution in [-0.2, 0) is 6.18 Å². The lowest BCUT2D eigenvalue weighted by molar-refractivity contribution is -0.730. The molecule has 1 heterocycles. The summed E-state index contributed by atoms with van der Waals surface area (Å²) in [5, 5.41) is 8.29. The molecule has 0 unspecified atom stereocenters. The van der Waals surface area contributed by atoms with Gasteiger partial charge in [0.25, 0.3) is 10.5 Å². The number of alkyl halides is 3. The fourth-order valence-electron chi connectivity index (χ4n) is 0.793. The lowest BCUT2D eigenvalue weighted by Crippen LogP contribution is -2.21. The maximum absolute atomic E-state index is 12.1. The molecule has 0 atom stereocenters. The standard InChI is InChI=1S/C6H3F3N2O3/c7-6(8,9)4-1-3(11(13)14)2-10-5(4)12/h1-2H,(H-,10,12,13,14)/p+1. The summed E-state index contributed by atoms with van der Waals surface area (Å²) in [4.78, 5) is 21.8. The minimum atomic E-state index is -4.86. The van der Waals surface area contributed by atoms with Gasteiger partial charge in [-0.15, -0.1) is 0 Å². The van der Waals surface area contributed by atoms with Crippen LogP contribution in [0.15, 0.2) is 17.1 Å². The number of rotatable bonds is 1. The van der Waals surface area contributed by atoms with Gasteiger partial charge in [0, 0.05) is 6.07 Å².